The lowest BCUT2D eigenvalue weighted by molar-refractivity contribution is 0.195. The van der Waals surface area contributed by atoms with Gasteiger partial charge in [-0.1, -0.05) is 17.7 Å². The molecule has 3 aromatic heterocycles. The second kappa shape index (κ2) is 6.06. The summed E-state index contributed by atoms with van der Waals surface area (Å²) in [4.78, 5) is 8.98. The molecule has 25 heavy (non-hydrogen) atoms. The van der Waals surface area contributed by atoms with Gasteiger partial charge in [0, 0.05) is 11.8 Å². The molecule has 3 heterocycles. The molecule has 0 aliphatic heterocycles. The first-order valence-electron chi connectivity index (χ1n) is 7.98. The van der Waals surface area contributed by atoms with E-state index < -0.39 is 6.10 Å². The van der Waals surface area contributed by atoms with Gasteiger partial charge in [-0.3, -0.25) is 4.40 Å². The summed E-state index contributed by atoms with van der Waals surface area (Å²) in [6.07, 6.45) is 1.83. The number of aliphatic hydroxyl groups is 1. The number of rotatable bonds is 3. The van der Waals surface area contributed by atoms with Gasteiger partial charge < -0.3 is 5.11 Å². The van der Waals surface area contributed by atoms with E-state index in [0.29, 0.717) is 28.6 Å². The lowest BCUT2D eigenvalue weighted by atomic mass is 10.1. The van der Waals surface area contributed by atoms with E-state index in [2.05, 4.69) is 20.2 Å². The molecule has 0 saturated heterocycles. The molecule has 1 unspecified atom stereocenters. The zero-order valence-electron chi connectivity index (χ0n) is 13.8. The van der Waals surface area contributed by atoms with Crippen molar-refractivity contribution in [1.82, 2.24) is 24.6 Å². The van der Waals surface area contributed by atoms with E-state index in [1.165, 1.54) is 0 Å². The van der Waals surface area contributed by atoms with Gasteiger partial charge in [-0.25, -0.2) is 9.97 Å². The maximum Gasteiger partial charge on any atom is 0.184 e. The number of fused-ring (bicyclic) bond motifs is 3. The smallest absolute Gasteiger partial charge is 0.184 e. The van der Waals surface area contributed by atoms with Crippen LogP contribution in [-0.2, 0) is 6.42 Å². The number of halogens is 1. The average Bonchev–Trinajstić information content (AvgIpc) is 3.02. The number of aryl methyl sites for hydroxylation is 1. The molecular weight excluding hydrogens is 338 g/mol. The zero-order chi connectivity index (χ0) is 17.6. The summed E-state index contributed by atoms with van der Waals surface area (Å²) < 4.78 is 1.88. The molecule has 0 radical (unpaired) electrons. The van der Waals surface area contributed by atoms with Crippen LogP contribution in [-0.4, -0.2) is 35.8 Å². The van der Waals surface area contributed by atoms with E-state index in [1.807, 2.05) is 41.7 Å². The van der Waals surface area contributed by atoms with Crippen molar-refractivity contribution in [1.29, 1.82) is 0 Å². The third-order valence-corrected chi connectivity index (χ3v) is 4.39. The third kappa shape index (κ3) is 2.73. The van der Waals surface area contributed by atoms with Crippen LogP contribution in [0, 0.1) is 6.92 Å². The highest BCUT2D eigenvalue weighted by Crippen LogP contribution is 2.30. The second-order valence-electron chi connectivity index (χ2n) is 6.09. The highest BCUT2D eigenvalue weighted by Gasteiger charge is 2.17. The predicted octanol–water partition coefficient (Wildman–Crippen LogP) is 3.22. The normalized spacial score (nSPS) is 12.8. The maximum absolute atomic E-state index is 9.66. The molecule has 7 heteroatoms. The minimum absolute atomic E-state index is 0.432. The molecular formula is C18H16ClN5O. The first-order chi connectivity index (χ1) is 12.0. The molecule has 0 saturated carbocycles. The quantitative estimate of drug-likeness (QED) is 0.612. The zero-order valence-corrected chi connectivity index (χ0v) is 14.6. The summed E-state index contributed by atoms with van der Waals surface area (Å²) in [7, 11) is 0. The number of hydrogen-bond donors (Lipinski definition) is 1. The third-order valence-electron chi connectivity index (χ3n) is 4.06. The lowest BCUT2D eigenvalue weighted by Crippen LogP contribution is -2.04. The number of nitrogens with zero attached hydrogens (tertiary/aromatic N) is 5. The summed E-state index contributed by atoms with van der Waals surface area (Å²) in [5.41, 5.74) is 4.61. The molecule has 1 N–H and O–H groups in total. The predicted molar refractivity (Wildman–Crippen MR) is 96.7 cm³/mol. The monoisotopic (exact) mass is 353 g/mol. The number of hydrogen-bond acceptors (Lipinski definition) is 5. The standard InChI is InChI=1S/C18H16ClN5O/c1-10(25)8-12-5-6-14(19)13(9-12)17-23-22-16-11(2)21-15-4-3-7-20-18(15)24(16)17/h3-7,9-10,25H,8H2,1-2H3. The number of benzene rings is 1. The molecule has 4 rings (SSSR count). The lowest BCUT2D eigenvalue weighted by Gasteiger charge is -2.09. The fourth-order valence-corrected chi connectivity index (χ4v) is 3.19. The molecule has 0 bridgehead atoms. The van der Waals surface area contributed by atoms with E-state index >= 15 is 0 Å². The summed E-state index contributed by atoms with van der Waals surface area (Å²) >= 11 is 6.44. The van der Waals surface area contributed by atoms with Crippen LogP contribution in [0.5, 0.6) is 0 Å². The number of aromatic nitrogens is 5. The highest BCUT2D eigenvalue weighted by molar-refractivity contribution is 6.33. The van der Waals surface area contributed by atoms with Gasteiger partial charge in [-0.2, -0.15) is 0 Å². The minimum atomic E-state index is -0.432. The van der Waals surface area contributed by atoms with Gasteiger partial charge in [0.05, 0.1) is 16.8 Å². The van der Waals surface area contributed by atoms with Crippen LogP contribution in [0.1, 0.15) is 18.2 Å². The van der Waals surface area contributed by atoms with Gasteiger partial charge in [0.15, 0.2) is 17.1 Å². The van der Waals surface area contributed by atoms with E-state index in [4.69, 9.17) is 11.6 Å². The number of pyridine rings is 1. The minimum Gasteiger partial charge on any atom is -0.393 e. The Morgan fingerprint density at radius 2 is 2.04 bits per heavy atom. The largest absolute Gasteiger partial charge is 0.393 e. The van der Waals surface area contributed by atoms with Crippen LogP contribution in [0.15, 0.2) is 36.5 Å². The van der Waals surface area contributed by atoms with Crippen molar-refractivity contribution in [3.63, 3.8) is 0 Å². The van der Waals surface area contributed by atoms with Gasteiger partial charge in [0.25, 0.3) is 0 Å². The molecule has 0 amide bonds. The fourth-order valence-electron chi connectivity index (χ4n) is 2.98. The Labute approximate surface area is 149 Å². The maximum atomic E-state index is 9.66. The first-order valence-corrected chi connectivity index (χ1v) is 8.35. The van der Waals surface area contributed by atoms with Crippen molar-refractivity contribution in [3.05, 3.63) is 52.8 Å². The fraction of sp³-hybridized carbons (Fsp3) is 0.222. The van der Waals surface area contributed by atoms with Crippen molar-refractivity contribution in [2.75, 3.05) is 0 Å². The van der Waals surface area contributed by atoms with E-state index in [-0.39, 0.29) is 0 Å². The van der Waals surface area contributed by atoms with Gasteiger partial charge in [0.2, 0.25) is 0 Å². The average molecular weight is 354 g/mol. The van der Waals surface area contributed by atoms with Gasteiger partial charge in [-0.05, 0) is 50.1 Å². The van der Waals surface area contributed by atoms with Gasteiger partial charge in [0.1, 0.15) is 5.52 Å². The topological polar surface area (TPSA) is 76.2 Å². The SMILES string of the molecule is Cc1nc2cccnc2n2c(-c3cc(CC(C)O)ccc3Cl)nnc12. The Bertz CT molecular complexity index is 1090. The first kappa shape index (κ1) is 15.9. The molecule has 0 spiro atoms. The van der Waals surface area contributed by atoms with Crippen LogP contribution in [0.2, 0.25) is 5.02 Å². The van der Waals surface area contributed by atoms with Crippen LogP contribution >= 0.6 is 11.6 Å². The van der Waals surface area contributed by atoms with Crippen LogP contribution < -0.4 is 0 Å². The molecule has 1 aromatic carbocycles. The van der Waals surface area contributed by atoms with E-state index in [1.54, 1.807) is 13.1 Å². The Hall–Kier alpha value is -2.57. The molecule has 0 fully saturated rings. The Kier molecular flexibility index (Phi) is 3.86. The molecule has 0 aliphatic rings. The van der Waals surface area contributed by atoms with Crippen molar-refractivity contribution in [2.45, 2.75) is 26.4 Å². The van der Waals surface area contributed by atoms with Crippen LogP contribution in [0.25, 0.3) is 28.2 Å². The van der Waals surface area contributed by atoms with Crippen molar-refractivity contribution >= 4 is 28.4 Å². The summed E-state index contributed by atoms with van der Waals surface area (Å²) in [5.74, 6) is 0.613. The molecule has 6 nitrogen and oxygen atoms in total. The Morgan fingerprint density at radius 1 is 1.20 bits per heavy atom. The number of aliphatic hydroxyl groups excluding tert-OH is 1. The molecule has 1 atom stereocenters. The van der Waals surface area contributed by atoms with Crippen molar-refractivity contribution < 1.29 is 5.11 Å². The summed E-state index contributed by atoms with van der Waals surface area (Å²) in [5, 5.41) is 18.9. The van der Waals surface area contributed by atoms with Gasteiger partial charge in [-0.15, -0.1) is 10.2 Å². The van der Waals surface area contributed by atoms with Crippen molar-refractivity contribution in [2.24, 2.45) is 0 Å². The van der Waals surface area contributed by atoms with Crippen LogP contribution in [0.3, 0.4) is 0 Å². The second-order valence-corrected chi connectivity index (χ2v) is 6.50. The Morgan fingerprint density at radius 3 is 2.84 bits per heavy atom. The molecule has 0 aliphatic carbocycles. The van der Waals surface area contributed by atoms with Crippen LogP contribution in [0.4, 0.5) is 0 Å². The summed E-state index contributed by atoms with van der Waals surface area (Å²) in [6.45, 7) is 3.65. The van der Waals surface area contributed by atoms with Gasteiger partial charge >= 0.3 is 0 Å². The highest BCUT2D eigenvalue weighted by atomic mass is 35.5. The molecule has 126 valence electrons. The molecule has 4 aromatic rings. The van der Waals surface area contributed by atoms with E-state index in [9.17, 15) is 5.11 Å². The van der Waals surface area contributed by atoms with E-state index in [0.717, 1.165) is 22.3 Å². The summed E-state index contributed by atoms with van der Waals surface area (Å²) in [6, 6.07) is 9.42. The Balaban J connectivity index is 2.02. The van der Waals surface area contributed by atoms with Crippen molar-refractivity contribution in [3.8, 4) is 11.4 Å².